The number of aromatic nitrogens is 3. The fourth-order valence-corrected chi connectivity index (χ4v) is 4.93. The molecule has 4 rings (SSSR count). The Kier molecular flexibility index (Phi) is 7.14. The predicted octanol–water partition coefficient (Wildman–Crippen LogP) is 4.32. The van der Waals surface area contributed by atoms with Gasteiger partial charge >= 0.3 is 0 Å². The van der Waals surface area contributed by atoms with Crippen LogP contribution in [0.4, 0.5) is 0 Å². The van der Waals surface area contributed by atoms with Crippen molar-refractivity contribution in [1.82, 2.24) is 19.7 Å². The van der Waals surface area contributed by atoms with Gasteiger partial charge in [-0.3, -0.25) is 9.20 Å². The molecule has 0 aliphatic carbocycles. The molecule has 1 amide bonds. The van der Waals surface area contributed by atoms with Crippen LogP contribution in [0.25, 0.3) is 5.78 Å². The Morgan fingerprint density at radius 3 is 2.71 bits per heavy atom. The van der Waals surface area contributed by atoms with E-state index in [1.807, 2.05) is 6.92 Å². The first-order valence-electron chi connectivity index (χ1n) is 10.7. The van der Waals surface area contributed by atoms with Crippen molar-refractivity contribution >= 4 is 33.1 Å². The number of benzene rings is 2. The van der Waals surface area contributed by atoms with Crippen LogP contribution in [-0.2, 0) is 16.4 Å². The zero-order valence-corrected chi connectivity index (χ0v) is 20.0. The quantitative estimate of drug-likeness (QED) is 0.345. The number of amides is 1. The van der Waals surface area contributed by atoms with E-state index >= 15 is 0 Å². The summed E-state index contributed by atoms with van der Waals surface area (Å²) in [6, 6.07) is 10.9. The number of hydrogen-bond donors (Lipinski definition) is 1. The third kappa shape index (κ3) is 5.21. The lowest BCUT2D eigenvalue weighted by atomic mass is 10.2. The molecule has 0 aliphatic rings. The summed E-state index contributed by atoms with van der Waals surface area (Å²) in [5, 5.41) is 3.12. The van der Waals surface area contributed by atoms with Crippen LogP contribution in [0.5, 0.6) is 5.75 Å². The number of nitrogens with zero attached hydrogens (tertiary/aromatic N) is 3. The van der Waals surface area contributed by atoms with Crippen LogP contribution in [0.3, 0.4) is 0 Å². The van der Waals surface area contributed by atoms with Gasteiger partial charge in [0.1, 0.15) is 10.6 Å². The SMILES string of the molecule is CCCCOc1ccc(Cl)cc1S(=O)(=O)c1ccc(CNC(=O)c2cnc3nccn3c2)cc1. The molecular formula is C24H23ClN4O4S. The van der Waals surface area contributed by atoms with Crippen molar-refractivity contribution in [3.8, 4) is 5.75 Å². The van der Waals surface area contributed by atoms with Crippen LogP contribution in [0, 0.1) is 0 Å². The van der Waals surface area contributed by atoms with Crippen LogP contribution >= 0.6 is 11.6 Å². The van der Waals surface area contributed by atoms with Gasteiger partial charge in [0.05, 0.1) is 17.1 Å². The van der Waals surface area contributed by atoms with E-state index in [4.69, 9.17) is 16.3 Å². The van der Waals surface area contributed by atoms with Gasteiger partial charge in [0, 0.05) is 36.4 Å². The highest BCUT2D eigenvalue weighted by atomic mass is 35.5. The summed E-state index contributed by atoms with van der Waals surface area (Å²) >= 11 is 6.07. The number of carbonyl (C=O) groups is 1. The van der Waals surface area contributed by atoms with E-state index in [1.54, 1.807) is 47.3 Å². The second-order valence-electron chi connectivity index (χ2n) is 7.60. The molecule has 0 aliphatic heterocycles. The van der Waals surface area contributed by atoms with Crippen LogP contribution < -0.4 is 10.1 Å². The van der Waals surface area contributed by atoms with E-state index in [2.05, 4.69) is 15.3 Å². The standard InChI is InChI=1S/C24H23ClN4O4S/c1-2-3-12-33-21-9-6-19(25)13-22(21)34(31,32)20-7-4-17(5-8-20)14-27-23(30)18-15-28-24-26-10-11-29(24)16-18/h4-11,13,15-16H,2-3,12,14H2,1H3,(H,27,30). The smallest absolute Gasteiger partial charge is 0.254 e. The van der Waals surface area contributed by atoms with Crippen molar-refractivity contribution < 1.29 is 17.9 Å². The Morgan fingerprint density at radius 2 is 1.94 bits per heavy atom. The lowest BCUT2D eigenvalue weighted by molar-refractivity contribution is 0.0950. The molecule has 10 heteroatoms. The molecule has 0 atom stereocenters. The Balaban J connectivity index is 1.47. The predicted molar refractivity (Wildman–Crippen MR) is 128 cm³/mol. The molecule has 0 radical (unpaired) electrons. The third-order valence-electron chi connectivity index (χ3n) is 5.15. The maximum absolute atomic E-state index is 13.3. The van der Waals surface area contributed by atoms with Gasteiger partial charge < -0.3 is 10.1 Å². The van der Waals surface area contributed by atoms with Crippen molar-refractivity contribution in [1.29, 1.82) is 0 Å². The molecule has 0 bridgehead atoms. The number of sulfone groups is 1. The van der Waals surface area contributed by atoms with E-state index < -0.39 is 9.84 Å². The number of unbranched alkanes of at least 4 members (excludes halogenated alkanes) is 1. The Morgan fingerprint density at radius 1 is 1.15 bits per heavy atom. The van der Waals surface area contributed by atoms with Gasteiger partial charge in [-0.15, -0.1) is 0 Å². The summed E-state index contributed by atoms with van der Waals surface area (Å²) in [6.07, 6.45) is 8.16. The Bertz CT molecular complexity index is 1420. The second kappa shape index (κ2) is 10.2. The number of fused-ring (bicyclic) bond motifs is 1. The van der Waals surface area contributed by atoms with Gasteiger partial charge in [0.2, 0.25) is 15.6 Å². The molecule has 0 unspecified atom stereocenters. The lowest BCUT2D eigenvalue weighted by Crippen LogP contribution is -2.23. The number of hydrogen-bond acceptors (Lipinski definition) is 6. The molecule has 2 aromatic heterocycles. The van der Waals surface area contributed by atoms with Crippen molar-refractivity contribution in [2.75, 3.05) is 6.61 Å². The zero-order chi connectivity index (χ0) is 24.1. The fourth-order valence-electron chi connectivity index (χ4n) is 3.27. The van der Waals surface area contributed by atoms with Gasteiger partial charge in [-0.05, 0) is 42.3 Å². The number of carbonyl (C=O) groups excluding carboxylic acids is 1. The second-order valence-corrected chi connectivity index (χ2v) is 9.95. The topological polar surface area (TPSA) is 103 Å². The van der Waals surface area contributed by atoms with E-state index in [-0.39, 0.29) is 28.0 Å². The molecular weight excluding hydrogens is 476 g/mol. The van der Waals surface area contributed by atoms with Crippen molar-refractivity contribution in [3.05, 3.63) is 83.4 Å². The first-order chi connectivity index (χ1) is 16.4. The molecule has 8 nitrogen and oxygen atoms in total. The van der Waals surface area contributed by atoms with Gasteiger partial charge in [-0.25, -0.2) is 18.4 Å². The van der Waals surface area contributed by atoms with Gasteiger partial charge in [-0.2, -0.15) is 0 Å². The van der Waals surface area contributed by atoms with Crippen LogP contribution in [0.2, 0.25) is 5.02 Å². The fraction of sp³-hybridized carbons (Fsp3) is 0.208. The molecule has 34 heavy (non-hydrogen) atoms. The molecule has 0 fully saturated rings. The monoisotopic (exact) mass is 498 g/mol. The number of halogens is 1. The summed E-state index contributed by atoms with van der Waals surface area (Å²) in [5.41, 5.74) is 1.13. The first kappa shape index (κ1) is 23.7. The minimum absolute atomic E-state index is 0.0274. The average molecular weight is 499 g/mol. The molecule has 0 saturated carbocycles. The lowest BCUT2D eigenvalue weighted by Gasteiger charge is -2.13. The van der Waals surface area contributed by atoms with Crippen LogP contribution in [0.15, 0.2) is 77.0 Å². The van der Waals surface area contributed by atoms with E-state index in [0.29, 0.717) is 23.0 Å². The van der Waals surface area contributed by atoms with Crippen molar-refractivity contribution in [2.45, 2.75) is 36.1 Å². The minimum atomic E-state index is -3.85. The van der Waals surface area contributed by atoms with E-state index in [9.17, 15) is 13.2 Å². The minimum Gasteiger partial charge on any atom is -0.492 e. The molecule has 0 spiro atoms. The third-order valence-corrected chi connectivity index (χ3v) is 7.17. The molecule has 2 aromatic carbocycles. The number of imidazole rings is 1. The molecule has 4 aromatic rings. The van der Waals surface area contributed by atoms with Crippen molar-refractivity contribution in [2.24, 2.45) is 0 Å². The molecule has 176 valence electrons. The van der Waals surface area contributed by atoms with Crippen molar-refractivity contribution in [3.63, 3.8) is 0 Å². The van der Waals surface area contributed by atoms with Gasteiger partial charge in [0.15, 0.2) is 0 Å². The Labute approximate surface area is 202 Å². The largest absolute Gasteiger partial charge is 0.492 e. The van der Waals surface area contributed by atoms with Crippen LogP contribution in [0.1, 0.15) is 35.7 Å². The summed E-state index contributed by atoms with van der Waals surface area (Å²) in [5.74, 6) is 0.484. The normalized spacial score (nSPS) is 11.5. The highest BCUT2D eigenvalue weighted by Crippen LogP contribution is 2.32. The zero-order valence-electron chi connectivity index (χ0n) is 18.4. The number of ether oxygens (including phenoxy) is 1. The summed E-state index contributed by atoms with van der Waals surface area (Å²) in [6.45, 7) is 2.67. The number of nitrogens with one attached hydrogen (secondary N) is 1. The summed E-state index contributed by atoms with van der Waals surface area (Å²) in [7, 11) is -3.85. The molecule has 0 saturated heterocycles. The molecule has 1 N–H and O–H groups in total. The number of rotatable bonds is 9. The van der Waals surface area contributed by atoms with E-state index in [0.717, 1.165) is 18.4 Å². The van der Waals surface area contributed by atoms with Gasteiger partial charge in [-0.1, -0.05) is 37.1 Å². The average Bonchev–Trinajstić information content (AvgIpc) is 3.32. The van der Waals surface area contributed by atoms with Gasteiger partial charge in [0.25, 0.3) is 5.91 Å². The summed E-state index contributed by atoms with van der Waals surface area (Å²) < 4.78 is 33.9. The highest BCUT2D eigenvalue weighted by Gasteiger charge is 2.23. The highest BCUT2D eigenvalue weighted by molar-refractivity contribution is 7.91. The Hall–Kier alpha value is -3.43. The molecule has 2 heterocycles. The first-order valence-corrected chi connectivity index (χ1v) is 12.6. The maximum Gasteiger partial charge on any atom is 0.254 e. The van der Waals surface area contributed by atoms with Crippen LogP contribution in [-0.4, -0.2) is 35.3 Å². The van der Waals surface area contributed by atoms with E-state index in [1.165, 1.54) is 24.4 Å². The maximum atomic E-state index is 13.3. The summed E-state index contributed by atoms with van der Waals surface area (Å²) in [4.78, 5) is 20.8.